The van der Waals surface area contributed by atoms with Crippen LogP contribution in [0.3, 0.4) is 0 Å². The van der Waals surface area contributed by atoms with Crippen LogP contribution in [-0.2, 0) is 0 Å². The fourth-order valence-electron chi connectivity index (χ4n) is 3.63. The molecular weight excluding hydrogens is 286 g/mol. The largest absolute Gasteiger partial charge is 0.360 e. The zero-order valence-corrected chi connectivity index (χ0v) is 15.6. The minimum Gasteiger partial charge on any atom is -0.360 e. The molecule has 5 nitrogen and oxygen atoms in total. The van der Waals surface area contributed by atoms with Crippen molar-refractivity contribution >= 4 is 5.84 Å². The molecule has 0 saturated carbocycles. The molecule has 1 fully saturated rings. The highest BCUT2D eigenvalue weighted by molar-refractivity contribution is 5.80. The highest BCUT2D eigenvalue weighted by atomic mass is 15.5. The monoisotopic (exact) mass is 323 g/mol. The van der Waals surface area contributed by atoms with E-state index in [0.29, 0.717) is 0 Å². The first-order valence-corrected chi connectivity index (χ1v) is 9.66. The summed E-state index contributed by atoms with van der Waals surface area (Å²) in [6.45, 7) is 17.2. The van der Waals surface area contributed by atoms with Gasteiger partial charge in [-0.2, -0.15) is 0 Å². The molecule has 2 heterocycles. The fraction of sp³-hybridized carbons (Fsp3) is 0.944. The van der Waals surface area contributed by atoms with Gasteiger partial charge >= 0.3 is 0 Å². The van der Waals surface area contributed by atoms with Crippen molar-refractivity contribution in [2.45, 2.75) is 52.9 Å². The summed E-state index contributed by atoms with van der Waals surface area (Å²) in [5.74, 6) is 1.24. The summed E-state index contributed by atoms with van der Waals surface area (Å²) in [6, 6.07) is 0. The van der Waals surface area contributed by atoms with Gasteiger partial charge in [0.2, 0.25) is 0 Å². The molecule has 0 aromatic heterocycles. The van der Waals surface area contributed by atoms with Crippen molar-refractivity contribution in [3.05, 3.63) is 0 Å². The van der Waals surface area contributed by atoms with Crippen molar-refractivity contribution in [1.82, 2.24) is 19.6 Å². The van der Waals surface area contributed by atoms with Gasteiger partial charge in [-0.15, -0.1) is 0 Å². The van der Waals surface area contributed by atoms with E-state index in [4.69, 9.17) is 0 Å². The second kappa shape index (κ2) is 10.3. The topological polar surface area (TPSA) is 25.3 Å². The molecule has 0 aromatic carbocycles. The minimum absolute atomic E-state index is 1.02. The summed E-state index contributed by atoms with van der Waals surface area (Å²) in [4.78, 5) is 14.9. The third kappa shape index (κ3) is 6.40. The third-order valence-corrected chi connectivity index (χ3v) is 4.85. The van der Waals surface area contributed by atoms with Gasteiger partial charge in [0.05, 0.1) is 25.8 Å². The Morgan fingerprint density at radius 3 is 2.09 bits per heavy atom. The summed E-state index contributed by atoms with van der Waals surface area (Å²) in [5, 5.41) is 0. The van der Waals surface area contributed by atoms with E-state index in [-0.39, 0.29) is 0 Å². The average molecular weight is 324 g/mol. The summed E-state index contributed by atoms with van der Waals surface area (Å²) in [6.07, 6.45) is 6.32. The maximum Gasteiger partial charge on any atom is 0.0957 e. The van der Waals surface area contributed by atoms with E-state index < -0.39 is 0 Å². The predicted octanol–water partition coefficient (Wildman–Crippen LogP) is 2.50. The molecule has 134 valence electrons. The Morgan fingerprint density at radius 2 is 1.48 bits per heavy atom. The van der Waals surface area contributed by atoms with Crippen LogP contribution in [0.4, 0.5) is 0 Å². The quantitative estimate of drug-likeness (QED) is 0.651. The predicted molar refractivity (Wildman–Crippen MR) is 98.7 cm³/mol. The Hall–Kier alpha value is -0.650. The van der Waals surface area contributed by atoms with Gasteiger partial charge in [-0.1, -0.05) is 20.3 Å². The fourth-order valence-corrected chi connectivity index (χ4v) is 3.63. The van der Waals surface area contributed by atoms with Crippen LogP contribution in [-0.4, -0.2) is 84.7 Å². The van der Waals surface area contributed by atoms with Crippen molar-refractivity contribution in [3.8, 4) is 0 Å². The number of hydrogen-bond donors (Lipinski definition) is 0. The van der Waals surface area contributed by atoms with Gasteiger partial charge in [-0.05, 0) is 32.6 Å². The highest BCUT2D eigenvalue weighted by Gasteiger charge is 2.22. The molecule has 2 aliphatic rings. The first-order valence-electron chi connectivity index (χ1n) is 9.66. The number of aliphatic imine (C=N–C) groups is 1. The maximum atomic E-state index is 4.57. The first-order chi connectivity index (χ1) is 11.2. The zero-order chi connectivity index (χ0) is 16.5. The van der Waals surface area contributed by atoms with Crippen LogP contribution < -0.4 is 0 Å². The zero-order valence-electron chi connectivity index (χ0n) is 15.6. The van der Waals surface area contributed by atoms with Crippen molar-refractivity contribution in [2.75, 3.05) is 59.3 Å². The normalized spacial score (nSPS) is 21.7. The van der Waals surface area contributed by atoms with E-state index in [0.717, 1.165) is 33.1 Å². The molecule has 0 N–H and O–H groups in total. The Labute approximate surface area is 143 Å². The SMILES string of the molecule is CCCCN1CN(CCC)CN(CCCN2CCCN=C2C)C1. The van der Waals surface area contributed by atoms with Crippen LogP contribution in [0.25, 0.3) is 0 Å². The van der Waals surface area contributed by atoms with Gasteiger partial charge in [0.15, 0.2) is 0 Å². The maximum absolute atomic E-state index is 4.57. The Bertz CT molecular complexity index is 357. The molecule has 2 aliphatic heterocycles. The van der Waals surface area contributed by atoms with Crippen molar-refractivity contribution < 1.29 is 0 Å². The molecule has 2 rings (SSSR count). The molecule has 23 heavy (non-hydrogen) atoms. The van der Waals surface area contributed by atoms with Gasteiger partial charge in [0, 0.05) is 39.3 Å². The van der Waals surface area contributed by atoms with Crippen LogP contribution in [0.5, 0.6) is 0 Å². The molecule has 0 aliphatic carbocycles. The molecule has 0 unspecified atom stereocenters. The van der Waals surface area contributed by atoms with Crippen LogP contribution >= 0.6 is 0 Å². The molecule has 0 atom stereocenters. The van der Waals surface area contributed by atoms with Gasteiger partial charge in [-0.25, -0.2) is 0 Å². The number of nitrogens with zero attached hydrogens (tertiary/aromatic N) is 5. The lowest BCUT2D eigenvalue weighted by Crippen LogP contribution is -2.55. The standard InChI is InChI=1S/C18H37N5/c1-4-6-11-21-15-20(10-5-2)16-22(17-21)12-8-14-23-13-7-9-19-18(23)3/h4-17H2,1-3H3. The van der Waals surface area contributed by atoms with E-state index >= 15 is 0 Å². The van der Waals surface area contributed by atoms with Gasteiger partial charge in [0.25, 0.3) is 0 Å². The molecule has 0 bridgehead atoms. The second-order valence-corrected chi connectivity index (χ2v) is 7.08. The Balaban J connectivity index is 1.75. The molecule has 5 heteroatoms. The molecule has 0 amide bonds. The third-order valence-electron chi connectivity index (χ3n) is 4.85. The van der Waals surface area contributed by atoms with E-state index in [1.54, 1.807) is 0 Å². The van der Waals surface area contributed by atoms with Crippen LogP contribution in [0.2, 0.25) is 0 Å². The van der Waals surface area contributed by atoms with E-state index in [1.807, 2.05) is 0 Å². The van der Waals surface area contributed by atoms with Crippen LogP contribution in [0.15, 0.2) is 4.99 Å². The highest BCUT2D eigenvalue weighted by Crippen LogP contribution is 2.11. The minimum atomic E-state index is 1.02. The smallest absolute Gasteiger partial charge is 0.0957 e. The van der Waals surface area contributed by atoms with Crippen molar-refractivity contribution in [1.29, 1.82) is 0 Å². The number of amidine groups is 1. The molecule has 0 spiro atoms. The lowest BCUT2D eigenvalue weighted by Gasteiger charge is -2.42. The molecule has 1 saturated heterocycles. The second-order valence-electron chi connectivity index (χ2n) is 7.08. The molecule has 0 aromatic rings. The number of unbranched alkanes of at least 4 members (excludes halogenated alkanes) is 1. The summed E-state index contributed by atoms with van der Waals surface area (Å²) in [7, 11) is 0. The van der Waals surface area contributed by atoms with Crippen LogP contribution in [0.1, 0.15) is 52.9 Å². The average Bonchev–Trinajstić information content (AvgIpc) is 2.55. The summed E-state index contributed by atoms with van der Waals surface area (Å²) in [5.41, 5.74) is 0. The number of rotatable bonds is 9. The summed E-state index contributed by atoms with van der Waals surface area (Å²) < 4.78 is 0. The van der Waals surface area contributed by atoms with Crippen LogP contribution in [0, 0.1) is 0 Å². The van der Waals surface area contributed by atoms with E-state index in [1.165, 1.54) is 64.1 Å². The van der Waals surface area contributed by atoms with Crippen molar-refractivity contribution in [2.24, 2.45) is 4.99 Å². The Morgan fingerprint density at radius 1 is 0.826 bits per heavy atom. The lowest BCUT2D eigenvalue weighted by atomic mass is 10.2. The molecule has 0 radical (unpaired) electrons. The first kappa shape index (κ1) is 18.7. The number of hydrogen-bond acceptors (Lipinski definition) is 5. The summed E-state index contributed by atoms with van der Waals surface area (Å²) >= 11 is 0. The van der Waals surface area contributed by atoms with E-state index in [9.17, 15) is 0 Å². The Kier molecular flexibility index (Phi) is 8.34. The lowest BCUT2D eigenvalue weighted by molar-refractivity contribution is -0.0304. The van der Waals surface area contributed by atoms with Gasteiger partial charge in [0.1, 0.15) is 0 Å². The van der Waals surface area contributed by atoms with Gasteiger partial charge in [-0.3, -0.25) is 19.7 Å². The van der Waals surface area contributed by atoms with E-state index in [2.05, 4.69) is 45.4 Å². The molecular formula is C18H37N5. The van der Waals surface area contributed by atoms with Crippen molar-refractivity contribution in [3.63, 3.8) is 0 Å². The van der Waals surface area contributed by atoms with Gasteiger partial charge < -0.3 is 4.90 Å².